The van der Waals surface area contributed by atoms with Crippen molar-refractivity contribution in [3.05, 3.63) is 41.7 Å². The molecule has 1 aromatic carbocycles. The van der Waals surface area contributed by atoms with Crippen molar-refractivity contribution in [2.45, 2.75) is 31.0 Å². The summed E-state index contributed by atoms with van der Waals surface area (Å²) in [6, 6.07) is 7.82. The Morgan fingerprint density at radius 2 is 1.90 bits per heavy atom. The average molecular weight is 282 g/mol. The highest BCUT2D eigenvalue weighted by molar-refractivity contribution is 5.31. The van der Waals surface area contributed by atoms with Crippen molar-refractivity contribution in [2.24, 2.45) is 0 Å². The molecule has 1 atom stereocenters. The molecule has 0 saturated carbocycles. The summed E-state index contributed by atoms with van der Waals surface area (Å²) >= 11 is 0. The largest absolute Gasteiger partial charge is 0.417 e. The SMILES string of the molecule is Nc1nc2n(n1)C(c1ccccc1)(C(F)(F)F)CCC2. The molecule has 0 amide bonds. The van der Waals surface area contributed by atoms with Crippen molar-refractivity contribution in [3.63, 3.8) is 0 Å². The number of nitrogen functional groups attached to an aromatic ring is 1. The van der Waals surface area contributed by atoms with Gasteiger partial charge in [-0.15, -0.1) is 5.10 Å². The molecule has 1 unspecified atom stereocenters. The molecule has 106 valence electrons. The topological polar surface area (TPSA) is 56.7 Å². The van der Waals surface area contributed by atoms with Crippen molar-refractivity contribution in [1.29, 1.82) is 0 Å². The van der Waals surface area contributed by atoms with Crippen LogP contribution in [0.4, 0.5) is 19.1 Å². The monoisotopic (exact) mass is 282 g/mol. The third kappa shape index (κ3) is 1.69. The minimum atomic E-state index is -4.47. The first-order valence-corrected chi connectivity index (χ1v) is 6.29. The summed E-state index contributed by atoms with van der Waals surface area (Å²) in [5, 5.41) is 3.81. The van der Waals surface area contributed by atoms with E-state index in [1.54, 1.807) is 18.2 Å². The van der Waals surface area contributed by atoms with Crippen LogP contribution >= 0.6 is 0 Å². The van der Waals surface area contributed by atoms with E-state index in [-0.39, 0.29) is 23.8 Å². The molecule has 2 N–H and O–H groups in total. The molecular weight excluding hydrogens is 269 g/mol. The Labute approximate surface area is 113 Å². The van der Waals surface area contributed by atoms with Crippen LogP contribution in [0.2, 0.25) is 0 Å². The van der Waals surface area contributed by atoms with E-state index in [0.717, 1.165) is 4.68 Å². The molecule has 2 aromatic rings. The van der Waals surface area contributed by atoms with Crippen LogP contribution in [0, 0.1) is 0 Å². The number of hydrogen-bond donors (Lipinski definition) is 1. The zero-order valence-corrected chi connectivity index (χ0v) is 10.6. The predicted octanol–water partition coefficient (Wildman–Crippen LogP) is 2.50. The fraction of sp³-hybridized carbons (Fsp3) is 0.385. The first kappa shape index (κ1) is 13.0. The lowest BCUT2D eigenvalue weighted by Crippen LogP contribution is -2.51. The minimum Gasteiger partial charge on any atom is -0.366 e. The summed E-state index contributed by atoms with van der Waals surface area (Å²) < 4.78 is 42.5. The smallest absolute Gasteiger partial charge is 0.366 e. The second-order valence-corrected chi connectivity index (χ2v) is 4.88. The highest BCUT2D eigenvalue weighted by Crippen LogP contribution is 2.48. The Morgan fingerprint density at radius 3 is 2.55 bits per heavy atom. The summed E-state index contributed by atoms with van der Waals surface area (Å²) in [5.41, 5.74) is 3.48. The van der Waals surface area contributed by atoms with Crippen LogP contribution in [0.25, 0.3) is 0 Å². The lowest BCUT2D eigenvalue weighted by atomic mass is 9.82. The Balaban J connectivity index is 2.29. The molecule has 4 nitrogen and oxygen atoms in total. The van der Waals surface area contributed by atoms with Crippen LogP contribution in [0.1, 0.15) is 24.2 Å². The third-order valence-electron chi connectivity index (χ3n) is 3.71. The van der Waals surface area contributed by atoms with Gasteiger partial charge in [-0.2, -0.15) is 18.2 Å². The maximum absolute atomic E-state index is 13.8. The number of alkyl halides is 3. The van der Waals surface area contributed by atoms with Crippen LogP contribution in [0.5, 0.6) is 0 Å². The van der Waals surface area contributed by atoms with Gasteiger partial charge in [0.05, 0.1) is 0 Å². The van der Waals surface area contributed by atoms with Crippen molar-refractivity contribution in [3.8, 4) is 0 Å². The number of anilines is 1. The molecule has 1 aliphatic rings. The molecule has 0 bridgehead atoms. The second kappa shape index (κ2) is 4.22. The van der Waals surface area contributed by atoms with E-state index in [9.17, 15) is 13.2 Å². The van der Waals surface area contributed by atoms with E-state index in [2.05, 4.69) is 10.1 Å². The number of halogens is 3. The van der Waals surface area contributed by atoms with Crippen LogP contribution in [-0.4, -0.2) is 20.9 Å². The minimum absolute atomic E-state index is 0.0592. The summed E-state index contributed by atoms with van der Waals surface area (Å²) in [5.74, 6) is 0.168. The molecule has 0 fully saturated rings. The summed E-state index contributed by atoms with van der Waals surface area (Å²) in [6.07, 6.45) is -3.68. The zero-order valence-electron chi connectivity index (χ0n) is 10.6. The van der Waals surface area contributed by atoms with Gasteiger partial charge in [-0.3, -0.25) is 0 Å². The van der Waals surface area contributed by atoms with Crippen molar-refractivity contribution >= 4 is 5.95 Å². The van der Waals surface area contributed by atoms with E-state index in [1.807, 2.05) is 0 Å². The van der Waals surface area contributed by atoms with Crippen molar-refractivity contribution in [1.82, 2.24) is 14.8 Å². The van der Waals surface area contributed by atoms with E-state index in [4.69, 9.17) is 5.73 Å². The van der Waals surface area contributed by atoms with Crippen molar-refractivity contribution in [2.75, 3.05) is 5.73 Å². The van der Waals surface area contributed by atoms with Gasteiger partial charge in [-0.1, -0.05) is 30.3 Å². The van der Waals surface area contributed by atoms with Crippen molar-refractivity contribution < 1.29 is 13.2 Å². The van der Waals surface area contributed by atoms with Gasteiger partial charge in [0.15, 0.2) is 5.54 Å². The molecule has 0 aliphatic carbocycles. The molecule has 20 heavy (non-hydrogen) atoms. The van der Waals surface area contributed by atoms with Gasteiger partial charge in [0.25, 0.3) is 0 Å². The number of rotatable bonds is 1. The molecule has 2 heterocycles. The molecule has 7 heteroatoms. The van der Waals surface area contributed by atoms with Gasteiger partial charge in [0.1, 0.15) is 5.82 Å². The average Bonchev–Trinajstić information content (AvgIpc) is 2.78. The highest BCUT2D eigenvalue weighted by Gasteiger charge is 2.59. The van der Waals surface area contributed by atoms with E-state index in [0.29, 0.717) is 12.8 Å². The van der Waals surface area contributed by atoms with Crippen LogP contribution in [0.15, 0.2) is 30.3 Å². The highest BCUT2D eigenvalue weighted by atomic mass is 19.4. The summed E-state index contributed by atoms with van der Waals surface area (Å²) in [7, 11) is 0. The Kier molecular flexibility index (Phi) is 2.74. The first-order valence-electron chi connectivity index (χ1n) is 6.29. The van der Waals surface area contributed by atoms with Crippen LogP contribution in [0.3, 0.4) is 0 Å². The fourth-order valence-electron chi connectivity index (χ4n) is 2.84. The van der Waals surface area contributed by atoms with Crippen LogP contribution in [-0.2, 0) is 12.0 Å². The Hall–Kier alpha value is -2.05. The Bertz CT molecular complexity index is 620. The lowest BCUT2D eigenvalue weighted by molar-refractivity contribution is -0.209. The van der Waals surface area contributed by atoms with Gasteiger partial charge in [0.2, 0.25) is 5.95 Å². The fourth-order valence-corrected chi connectivity index (χ4v) is 2.84. The number of aromatic nitrogens is 3. The quantitative estimate of drug-likeness (QED) is 0.874. The number of benzene rings is 1. The maximum Gasteiger partial charge on any atom is 0.417 e. The van der Waals surface area contributed by atoms with Gasteiger partial charge >= 0.3 is 6.18 Å². The van der Waals surface area contributed by atoms with Gasteiger partial charge in [-0.25, -0.2) is 4.68 Å². The Morgan fingerprint density at radius 1 is 1.20 bits per heavy atom. The predicted molar refractivity (Wildman–Crippen MR) is 66.9 cm³/mol. The number of nitrogens with two attached hydrogens (primary N) is 1. The molecule has 3 rings (SSSR count). The number of aryl methyl sites for hydroxylation is 1. The van der Waals surface area contributed by atoms with E-state index in [1.165, 1.54) is 12.1 Å². The van der Waals surface area contributed by atoms with E-state index < -0.39 is 11.7 Å². The van der Waals surface area contributed by atoms with E-state index >= 15 is 0 Å². The number of fused-ring (bicyclic) bond motifs is 1. The van der Waals surface area contributed by atoms with Gasteiger partial charge in [0, 0.05) is 6.42 Å². The number of hydrogen-bond acceptors (Lipinski definition) is 3. The standard InChI is InChI=1S/C13H13F3N4/c14-13(15,16)12(9-5-2-1-3-6-9)8-4-7-10-18-11(17)19-20(10)12/h1-3,5-6H,4,7-8H2,(H2,17,19). The lowest BCUT2D eigenvalue weighted by Gasteiger charge is -2.39. The molecule has 0 radical (unpaired) electrons. The molecule has 1 aliphatic heterocycles. The molecule has 0 spiro atoms. The summed E-state index contributed by atoms with van der Waals surface area (Å²) in [4.78, 5) is 3.92. The maximum atomic E-state index is 13.8. The normalized spacial score (nSPS) is 22.6. The van der Waals surface area contributed by atoms with Gasteiger partial charge in [-0.05, 0) is 18.4 Å². The summed E-state index contributed by atoms with van der Waals surface area (Å²) in [6.45, 7) is 0. The molecular formula is C13H13F3N4. The van der Waals surface area contributed by atoms with Gasteiger partial charge < -0.3 is 5.73 Å². The molecule has 1 aromatic heterocycles. The number of nitrogens with zero attached hydrogens (tertiary/aromatic N) is 3. The van der Waals surface area contributed by atoms with Crippen LogP contribution < -0.4 is 5.73 Å². The molecule has 0 saturated heterocycles. The second-order valence-electron chi connectivity index (χ2n) is 4.88. The third-order valence-corrected chi connectivity index (χ3v) is 3.71. The zero-order chi connectivity index (χ0) is 14.4. The first-order chi connectivity index (χ1) is 9.45.